The summed E-state index contributed by atoms with van der Waals surface area (Å²) < 4.78 is 27.3. The quantitative estimate of drug-likeness (QED) is 0.354. The highest BCUT2D eigenvalue weighted by atomic mass is 31.2. The Labute approximate surface area is 188 Å². The van der Waals surface area contributed by atoms with Crippen molar-refractivity contribution >= 4 is 7.82 Å². The van der Waals surface area contributed by atoms with Crippen molar-refractivity contribution in [3.8, 4) is 17.2 Å². The van der Waals surface area contributed by atoms with Crippen molar-refractivity contribution in [1.82, 2.24) is 14.7 Å². The molecule has 0 saturated heterocycles. The van der Waals surface area contributed by atoms with E-state index in [-0.39, 0.29) is 11.3 Å². The zero-order chi connectivity index (χ0) is 23.3. The van der Waals surface area contributed by atoms with Crippen LogP contribution in [0.15, 0.2) is 82.4 Å². The summed E-state index contributed by atoms with van der Waals surface area (Å²) in [6.45, 7) is -0.189. The number of hydrogen-bond donors (Lipinski definition) is 2. The van der Waals surface area contributed by atoms with Gasteiger partial charge in [-0.3, -0.25) is 13.9 Å². The number of pyridine rings is 2. The van der Waals surface area contributed by atoms with Crippen LogP contribution in [0.25, 0.3) is 11.3 Å². The third-order valence-electron chi connectivity index (χ3n) is 4.64. The number of phosphoric ester groups is 1. The second-order valence-corrected chi connectivity index (χ2v) is 8.32. The van der Waals surface area contributed by atoms with Gasteiger partial charge in [-0.2, -0.15) is 0 Å². The Hall–Kier alpha value is -3.56. The molecule has 0 aliphatic heterocycles. The van der Waals surface area contributed by atoms with E-state index < -0.39 is 20.1 Å². The molecule has 33 heavy (non-hydrogen) atoms. The van der Waals surface area contributed by atoms with E-state index >= 15 is 0 Å². The van der Waals surface area contributed by atoms with Crippen LogP contribution in [-0.2, 0) is 28.8 Å². The van der Waals surface area contributed by atoms with E-state index in [0.717, 1.165) is 15.7 Å². The minimum absolute atomic E-state index is 0.201. The summed E-state index contributed by atoms with van der Waals surface area (Å²) in [7, 11) is -4.70. The number of rotatable bonds is 9. The number of nitrogens with zero attached hydrogens (tertiary/aromatic N) is 3. The summed E-state index contributed by atoms with van der Waals surface area (Å²) in [5.74, 6) is 0.811. The van der Waals surface area contributed by atoms with Crippen molar-refractivity contribution in [2.45, 2.75) is 19.8 Å². The molecule has 0 unspecified atom stereocenters. The highest BCUT2D eigenvalue weighted by molar-refractivity contribution is 7.46. The predicted molar refractivity (Wildman–Crippen MR) is 117 cm³/mol. The maximum atomic E-state index is 12.6. The van der Waals surface area contributed by atoms with Gasteiger partial charge in [-0.05, 0) is 29.3 Å². The molecule has 1 aromatic carbocycles. The summed E-state index contributed by atoms with van der Waals surface area (Å²) in [5, 5.41) is 4.03. The smallest absolute Gasteiger partial charge is 0.471 e. The Morgan fingerprint density at radius 3 is 2.55 bits per heavy atom. The lowest BCUT2D eigenvalue weighted by Crippen LogP contribution is -2.21. The van der Waals surface area contributed by atoms with Gasteiger partial charge in [0.2, 0.25) is 5.88 Å². The van der Waals surface area contributed by atoms with E-state index in [4.69, 9.17) is 19.0 Å². The van der Waals surface area contributed by atoms with Gasteiger partial charge >= 0.3 is 7.82 Å². The molecule has 170 valence electrons. The predicted octanol–water partition coefficient (Wildman–Crippen LogP) is 3.13. The van der Waals surface area contributed by atoms with Gasteiger partial charge in [-0.15, -0.1) is 0 Å². The molecule has 0 aliphatic carbocycles. The maximum absolute atomic E-state index is 12.6. The normalized spacial score (nSPS) is 11.5. The van der Waals surface area contributed by atoms with Gasteiger partial charge in [0.25, 0.3) is 5.56 Å². The van der Waals surface area contributed by atoms with Crippen LogP contribution in [0.2, 0.25) is 0 Å². The molecular formula is C22H20N3O7P. The average Bonchev–Trinajstić information content (AvgIpc) is 3.26. The molecule has 0 atom stereocenters. The first-order chi connectivity index (χ1) is 15.9. The standard InChI is InChI=1S/C22H20N3O7P/c26-22-19(4-3-11-25(22)15-31-33(27,28)29)20-13-18(24-32-20)12-16-6-8-17(9-7-16)14-30-21-5-1-2-10-23-21/h1-11,13H,12,14-15H2,(H2,27,28,29). The van der Waals surface area contributed by atoms with Crippen molar-refractivity contribution in [3.05, 3.63) is 100 Å². The number of aromatic nitrogens is 3. The molecule has 4 rings (SSSR count). The van der Waals surface area contributed by atoms with E-state index in [9.17, 15) is 9.36 Å². The van der Waals surface area contributed by atoms with Gasteiger partial charge in [0.05, 0.1) is 11.3 Å². The van der Waals surface area contributed by atoms with E-state index in [1.54, 1.807) is 24.4 Å². The number of ether oxygens (including phenoxy) is 1. The third-order valence-corrected chi connectivity index (χ3v) is 5.09. The van der Waals surface area contributed by atoms with Crippen LogP contribution in [0.4, 0.5) is 0 Å². The SMILES string of the molecule is O=c1c(-c2cc(Cc3ccc(COc4ccccn4)cc3)no2)cccn1COP(=O)(O)O. The maximum Gasteiger partial charge on any atom is 0.471 e. The van der Waals surface area contributed by atoms with Crippen molar-refractivity contribution in [1.29, 1.82) is 0 Å². The van der Waals surface area contributed by atoms with Crippen LogP contribution in [0, 0.1) is 0 Å². The molecule has 4 aromatic rings. The van der Waals surface area contributed by atoms with Crippen LogP contribution >= 0.6 is 7.82 Å². The lowest BCUT2D eigenvalue weighted by Gasteiger charge is -2.08. The first-order valence-corrected chi connectivity index (χ1v) is 11.4. The van der Waals surface area contributed by atoms with Gasteiger partial charge in [-0.1, -0.05) is 35.5 Å². The fourth-order valence-electron chi connectivity index (χ4n) is 3.04. The largest absolute Gasteiger partial charge is 0.473 e. The Bertz CT molecular complexity index is 1310. The molecule has 11 heteroatoms. The third kappa shape index (κ3) is 6.24. The Morgan fingerprint density at radius 1 is 1.03 bits per heavy atom. The lowest BCUT2D eigenvalue weighted by molar-refractivity contribution is 0.151. The van der Waals surface area contributed by atoms with Gasteiger partial charge in [-0.25, -0.2) is 9.55 Å². The monoisotopic (exact) mass is 469 g/mol. The van der Waals surface area contributed by atoms with Gasteiger partial charge in [0, 0.05) is 30.9 Å². The summed E-state index contributed by atoms with van der Waals surface area (Å²) in [6.07, 6.45) is 3.52. The molecule has 2 N–H and O–H groups in total. The summed E-state index contributed by atoms with van der Waals surface area (Å²) in [6, 6.07) is 18.0. The molecule has 0 spiro atoms. The topological polar surface area (TPSA) is 137 Å². The Balaban J connectivity index is 1.41. The summed E-state index contributed by atoms with van der Waals surface area (Å²) in [4.78, 5) is 34.4. The highest BCUT2D eigenvalue weighted by Crippen LogP contribution is 2.35. The average molecular weight is 469 g/mol. The molecule has 0 fully saturated rings. The van der Waals surface area contributed by atoms with Crippen molar-refractivity contribution in [3.63, 3.8) is 0 Å². The van der Waals surface area contributed by atoms with Gasteiger partial charge in [0.15, 0.2) is 5.76 Å². The van der Waals surface area contributed by atoms with E-state index in [1.165, 1.54) is 12.3 Å². The number of benzene rings is 1. The molecule has 3 heterocycles. The second-order valence-electron chi connectivity index (χ2n) is 7.08. The van der Waals surface area contributed by atoms with Gasteiger partial charge < -0.3 is 19.0 Å². The molecule has 0 bridgehead atoms. The van der Waals surface area contributed by atoms with Crippen molar-refractivity contribution < 1.29 is 28.1 Å². The Kier molecular flexibility index (Phi) is 6.81. The van der Waals surface area contributed by atoms with Crippen LogP contribution in [0.5, 0.6) is 5.88 Å². The van der Waals surface area contributed by atoms with Crippen LogP contribution in [0.3, 0.4) is 0 Å². The summed E-state index contributed by atoms with van der Waals surface area (Å²) in [5.41, 5.74) is 2.30. The molecule has 10 nitrogen and oxygen atoms in total. The summed E-state index contributed by atoms with van der Waals surface area (Å²) >= 11 is 0. The lowest BCUT2D eigenvalue weighted by atomic mass is 10.1. The van der Waals surface area contributed by atoms with E-state index in [2.05, 4.69) is 14.7 Å². The molecular weight excluding hydrogens is 449 g/mol. The minimum atomic E-state index is -4.70. The first kappa shape index (κ1) is 22.6. The molecule has 0 saturated carbocycles. The highest BCUT2D eigenvalue weighted by Gasteiger charge is 2.16. The van der Waals surface area contributed by atoms with Crippen molar-refractivity contribution in [2.24, 2.45) is 0 Å². The molecule has 3 aromatic heterocycles. The zero-order valence-corrected chi connectivity index (χ0v) is 18.2. The zero-order valence-electron chi connectivity index (χ0n) is 17.3. The fraction of sp³-hybridized carbons (Fsp3) is 0.136. The Morgan fingerprint density at radius 2 is 1.82 bits per heavy atom. The van der Waals surface area contributed by atoms with Crippen LogP contribution in [-0.4, -0.2) is 24.5 Å². The minimum Gasteiger partial charge on any atom is -0.473 e. The van der Waals surface area contributed by atoms with Crippen LogP contribution in [0.1, 0.15) is 16.8 Å². The van der Waals surface area contributed by atoms with E-state index in [1.807, 2.05) is 36.4 Å². The second kappa shape index (κ2) is 9.93. The van der Waals surface area contributed by atoms with Gasteiger partial charge in [0.1, 0.15) is 13.3 Å². The number of phosphoric acid groups is 1. The van der Waals surface area contributed by atoms with Crippen molar-refractivity contribution in [2.75, 3.05) is 0 Å². The fourth-order valence-corrected chi connectivity index (χ4v) is 3.31. The molecule has 0 amide bonds. The van der Waals surface area contributed by atoms with Crippen LogP contribution < -0.4 is 10.3 Å². The number of hydrogen-bond acceptors (Lipinski definition) is 7. The molecule has 0 radical (unpaired) electrons. The first-order valence-electron chi connectivity index (χ1n) is 9.84. The van der Waals surface area contributed by atoms with E-state index in [0.29, 0.717) is 24.6 Å². The molecule has 0 aliphatic rings.